The molecule has 4 atom stereocenters. The fraction of sp³-hybridized carbons (Fsp3) is 0.667. The van der Waals surface area contributed by atoms with E-state index in [-0.39, 0.29) is 11.4 Å². The SMILES string of the molecule is CC(C)(C)NC(=O)C1C2C=CC(O2)C1C(=O)O. The molecule has 94 valence electrons. The number of rotatable bonds is 2. The Hall–Kier alpha value is -1.36. The number of ether oxygens (including phenoxy) is 1. The molecule has 0 aromatic heterocycles. The summed E-state index contributed by atoms with van der Waals surface area (Å²) in [5, 5.41) is 12.0. The third-order valence-corrected chi connectivity index (χ3v) is 2.99. The molecule has 5 nitrogen and oxygen atoms in total. The van der Waals surface area contributed by atoms with Gasteiger partial charge in [0.15, 0.2) is 0 Å². The van der Waals surface area contributed by atoms with Gasteiger partial charge in [-0.15, -0.1) is 0 Å². The van der Waals surface area contributed by atoms with Gasteiger partial charge in [0.1, 0.15) is 5.92 Å². The molecule has 2 bridgehead atoms. The molecule has 2 aliphatic rings. The van der Waals surface area contributed by atoms with Crippen LogP contribution < -0.4 is 5.32 Å². The summed E-state index contributed by atoms with van der Waals surface area (Å²) >= 11 is 0. The fourth-order valence-electron chi connectivity index (χ4n) is 2.37. The van der Waals surface area contributed by atoms with Gasteiger partial charge in [0, 0.05) is 5.54 Å². The van der Waals surface area contributed by atoms with Crippen LogP contribution in [0.5, 0.6) is 0 Å². The molecule has 0 spiro atoms. The highest BCUT2D eigenvalue weighted by molar-refractivity contribution is 5.87. The van der Waals surface area contributed by atoms with E-state index in [1.165, 1.54) is 0 Å². The normalized spacial score (nSPS) is 35.0. The van der Waals surface area contributed by atoms with Crippen molar-refractivity contribution in [1.29, 1.82) is 0 Å². The number of carboxylic acid groups (broad SMARTS) is 1. The standard InChI is InChI=1S/C12H17NO4/c1-12(2,3)13-10(14)8-6-4-5-7(17-6)9(8)11(15)16/h4-9H,1-3H3,(H,13,14)(H,15,16). The first-order chi connectivity index (χ1) is 7.79. The second kappa shape index (κ2) is 3.84. The van der Waals surface area contributed by atoms with E-state index in [1.54, 1.807) is 12.2 Å². The summed E-state index contributed by atoms with van der Waals surface area (Å²) in [6.45, 7) is 5.60. The first-order valence-corrected chi connectivity index (χ1v) is 5.68. The van der Waals surface area contributed by atoms with Crippen molar-refractivity contribution < 1.29 is 19.4 Å². The van der Waals surface area contributed by atoms with Crippen molar-refractivity contribution in [2.45, 2.75) is 38.5 Å². The van der Waals surface area contributed by atoms with Crippen LogP contribution in [0, 0.1) is 11.8 Å². The largest absolute Gasteiger partial charge is 0.481 e. The van der Waals surface area contributed by atoms with Gasteiger partial charge in [-0.25, -0.2) is 0 Å². The molecule has 0 aromatic carbocycles. The van der Waals surface area contributed by atoms with Crippen LogP contribution in [-0.2, 0) is 14.3 Å². The van der Waals surface area contributed by atoms with Crippen LogP contribution in [0.25, 0.3) is 0 Å². The molecule has 0 aromatic rings. The van der Waals surface area contributed by atoms with Crippen molar-refractivity contribution in [3.8, 4) is 0 Å². The highest BCUT2D eigenvalue weighted by atomic mass is 16.5. The Bertz CT molecular complexity index is 382. The predicted molar refractivity (Wildman–Crippen MR) is 60.3 cm³/mol. The number of carbonyl (C=O) groups is 2. The number of carboxylic acids is 1. The van der Waals surface area contributed by atoms with Gasteiger partial charge in [0.25, 0.3) is 0 Å². The molecule has 5 heteroatoms. The van der Waals surface area contributed by atoms with Gasteiger partial charge < -0.3 is 15.2 Å². The van der Waals surface area contributed by atoms with Gasteiger partial charge in [-0.2, -0.15) is 0 Å². The highest BCUT2D eigenvalue weighted by Crippen LogP contribution is 2.39. The van der Waals surface area contributed by atoms with Gasteiger partial charge in [-0.05, 0) is 20.8 Å². The zero-order valence-electron chi connectivity index (χ0n) is 10.1. The Morgan fingerprint density at radius 1 is 1.18 bits per heavy atom. The van der Waals surface area contributed by atoms with E-state index < -0.39 is 30.0 Å². The second-order valence-electron chi connectivity index (χ2n) is 5.58. The van der Waals surface area contributed by atoms with E-state index in [2.05, 4.69) is 5.32 Å². The van der Waals surface area contributed by atoms with Crippen LogP contribution in [0.1, 0.15) is 20.8 Å². The van der Waals surface area contributed by atoms with E-state index in [9.17, 15) is 9.59 Å². The Balaban J connectivity index is 2.17. The average molecular weight is 239 g/mol. The number of amides is 1. The maximum absolute atomic E-state index is 12.1. The minimum atomic E-state index is -0.976. The molecule has 2 rings (SSSR count). The molecular weight excluding hydrogens is 222 g/mol. The lowest BCUT2D eigenvalue weighted by molar-refractivity contribution is -0.147. The monoisotopic (exact) mass is 239 g/mol. The number of nitrogens with one attached hydrogen (secondary N) is 1. The number of hydrogen-bond donors (Lipinski definition) is 2. The Morgan fingerprint density at radius 2 is 1.71 bits per heavy atom. The van der Waals surface area contributed by atoms with Crippen molar-refractivity contribution in [2.75, 3.05) is 0 Å². The van der Waals surface area contributed by atoms with Crippen molar-refractivity contribution in [1.82, 2.24) is 5.32 Å². The molecule has 2 N–H and O–H groups in total. The molecule has 0 radical (unpaired) electrons. The molecule has 2 aliphatic heterocycles. The smallest absolute Gasteiger partial charge is 0.310 e. The number of aliphatic carboxylic acids is 1. The predicted octanol–water partition coefficient (Wildman–Crippen LogP) is 0.555. The molecule has 1 saturated heterocycles. The number of hydrogen-bond acceptors (Lipinski definition) is 3. The summed E-state index contributed by atoms with van der Waals surface area (Å²) in [6, 6.07) is 0. The van der Waals surface area contributed by atoms with Gasteiger partial charge in [0.05, 0.1) is 18.1 Å². The first-order valence-electron chi connectivity index (χ1n) is 5.68. The van der Waals surface area contributed by atoms with Crippen molar-refractivity contribution in [2.24, 2.45) is 11.8 Å². The van der Waals surface area contributed by atoms with E-state index in [0.717, 1.165) is 0 Å². The number of carbonyl (C=O) groups excluding carboxylic acids is 1. The summed E-state index contributed by atoms with van der Waals surface area (Å²) in [5.41, 5.74) is -0.369. The average Bonchev–Trinajstić information content (AvgIpc) is 2.72. The van der Waals surface area contributed by atoms with Crippen LogP contribution in [0.2, 0.25) is 0 Å². The van der Waals surface area contributed by atoms with E-state index in [1.807, 2.05) is 20.8 Å². The topological polar surface area (TPSA) is 75.6 Å². The second-order valence-corrected chi connectivity index (χ2v) is 5.58. The van der Waals surface area contributed by atoms with E-state index in [4.69, 9.17) is 9.84 Å². The van der Waals surface area contributed by atoms with Crippen molar-refractivity contribution in [3.05, 3.63) is 12.2 Å². The molecule has 4 unspecified atom stereocenters. The van der Waals surface area contributed by atoms with Crippen LogP contribution in [0.15, 0.2) is 12.2 Å². The van der Waals surface area contributed by atoms with Crippen LogP contribution in [0.3, 0.4) is 0 Å². The molecule has 0 saturated carbocycles. The minimum absolute atomic E-state index is 0.248. The Morgan fingerprint density at radius 3 is 2.18 bits per heavy atom. The molecule has 0 aliphatic carbocycles. The quantitative estimate of drug-likeness (QED) is 0.690. The molecule has 1 fully saturated rings. The summed E-state index contributed by atoms with van der Waals surface area (Å²) in [6.07, 6.45) is 2.64. The molecule has 1 amide bonds. The third-order valence-electron chi connectivity index (χ3n) is 2.99. The summed E-state index contributed by atoms with van der Waals surface area (Å²) < 4.78 is 5.44. The van der Waals surface area contributed by atoms with Crippen LogP contribution >= 0.6 is 0 Å². The van der Waals surface area contributed by atoms with Crippen molar-refractivity contribution in [3.63, 3.8) is 0 Å². The lowest BCUT2D eigenvalue weighted by Gasteiger charge is -2.26. The maximum Gasteiger partial charge on any atom is 0.310 e. The van der Waals surface area contributed by atoms with Gasteiger partial charge in [0.2, 0.25) is 5.91 Å². The highest BCUT2D eigenvalue weighted by Gasteiger charge is 2.53. The van der Waals surface area contributed by atoms with E-state index in [0.29, 0.717) is 0 Å². The molecular formula is C12H17NO4. The van der Waals surface area contributed by atoms with Gasteiger partial charge in [-0.1, -0.05) is 12.2 Å². The van der Waals surface area contributed by atoms with E-state index >= 15 is 0 Å². The molecule has 17 heavy (non-hydrogen) atoms. The summed E-state index contributed by atoms with van der Waals surface area (Å²) in [7, 11) is 0. The fourth-order valence-corrected chi connectivity index (χ4v) is 2.37. The zero-order valence-corrected chi connectivity index (χ0v) is 10.1. The lowest BCUT2D eigenvalue weighted by atomic mass is 9.82. The maximum atomic E-state index is 12.1. The number of fused-ring (bicyclic) bond motifs is 2. The summed E-state index contributed by atoms with van der Waals surface area (Å²) in [4.78, 5) is 23.3. The van der Waals surface area contributed by atoms with Crippen molar-refractivity contribution >= 4 is 11.9 Å². The minimum Gasteiger partial charge on any atom is -0.481 e. The lowest BCUT2D eigenvalue weighted by Crippen LogP contribution is -2.49. The Labute approximate surface area is 99.8 Å². The third kappa shape index (κ3) is 2.20. The first kappa shape index (κ1) is 12.1. The van der Waals surface area contributed by atoms with Gasteiger partial charge in [-0.3, -0.25) is 9.59 Å². The zero-order chi connectivity index (χ0) is 12.8. The molecule has 2 heterocycles. The Kier molecular flexibility index (Phi) is 2.73. The summed E-state index contributed by atoms with van der Waals surface area (Å²) in [5.74, 6) is -2.62. The van der Waals surface area contributed by atoms with Gasteiger partial charge >= 0.3 is 5.97 Å². The van der Waals surface area contributed by atoms with Crippen LogP contribution in [-0.4, -0.2) is 34.7 Å². The van der Waals surface area contributed by atoms with Crippen LogP contribution in [0.4, 0.5) is 0 Å².